The van der Waals surface area contributed by atoms with E-state index in [0.717, 1.165) is 12.8 Å². The van der Waals surface area contributed by atoms with Gasteiger partial charge in [0, 0.05) is 42.6 Å². The number of benzene rings is 1. The Balaban J connectivity index is 1.70. The van der Waals surface area contributed by atoms with Crippen LogP contribution in [0.4, 0.5) is 18.9 Å². The predicted octanol–water partition coefficient (Wildman–Crippen LogP) is 2.20. The fourth-order valence-electron chi connectivity index (χ4n) is 5.39. The maximum atomic E-state index is 15.4. The first-order chi connectivity index (χ1) is 13.6. The number of nitrogens with one attached hydrogen (secondary N) is 1. The molecule has 29 heavy (non-hydrogen) atoms. The van der Waals surface area contributed by atoms with E-state index in [1.54, 1.807) is 16.4 Å². The number of halogens is 3. The lowest BCUT2D eigenvalue weighted by Crippen LogP contribution is -2.42. The van der Waals surface area contributed by atoms with Crippen LogP contribution in [0, 0.1) is 31.5 Å². The fourth-order valence-corrected chi connectivity index (χ4v) is 5.39. The van der Waals surface area contributed by atoms with Crippen molar-refractivity contribution >= 4 is 16.6 Å². The molecule has 5 rings (SSSR count). The third-order valence-corrected chi connectivity index (χ3v) is 6.97. The first-order valence-corrected chi connectivity index (χ1v) is 9.97. The van der Waals surface area contributed by atoms with Crippen molar-refractivity contribution in [2.45, 2.75) is 51.1 Å². The van der Waals surface area contributed by atoms with Crippen LogP contribution in [0.2, 0.25) is 0 Å². The monoisotopic (exact) mass is 408 g/mol. The Labute approximate surface area is 164 Å². The van der Waals surface area contributed by atoms with Gasteiger partial charge in [-0.1, -0.05) is 0 Å². The van der Waals surface area contributed by atoms with Gasteiger partial charge in [0.05, 0.1) is 22.6 Å². The summed E-state index contributed by atoms with van der Waals surface area (Å²) < 4.78 is 44.9. The molecule has 2 saturated carbocycles. The molecule has 3 N–H and O–H groups in total. The SMILES string of the molecule is Cc1c(F)c(N2CC3CC(F)(F)C(N)C3C2)c(C)c2c1c(=O)[nH]c(=O)n2C1CC1. The molecule has 1 aromatic carbocycles. The molecule has 0 bridgehead atoms. The highest BCUT2D eigenvalue weighted by Crippen LogP contribution is 2.48. The van der Waals surface area contributed by atoms with Crippen LogP contribution in [0.25, 0.3) is 10.9 Å². The Morgan fingerprint density at radius 3 is 2.45 bits per heavy atom. The molecule has 3 aliphatic rings. The molecule has 2 aromatic rings. The van der Waals surface area contributed by atoms with E-state index in [1.807, 2.05) is 0 Å². The zero-order valence-corrected chi connectivity index (χ0v) is 16.3. The number of anilines is 1. The lowest BCUT2D eigenvalue weighted by Gasteiger charge is -2.27. The van der Waals surface area contributed by atoms with Crippen LogP contribution in [0.5, 0.6) is 0 Å². The number of aromatic amines is 1. The van der Waals surface area contributed by atoms with Crippen LogP contribution in [-0.2, 0) is 0 Å². The van der Waals surface area contributed by atoms with E-state index in [-0.39, 0.29) is 42.4 Å². The van der Waals surface area contributed by atoms with Crippen LogP contribution in [0.15, 0.2) is 9.59 Å². The largest absolute Gasteiger partial charge is 0.368 e. The number of hydrogen-bond acceptors (Lipinski definition) is 4. The standard InChI is InChI=1S/C20H23F3N4O2/c1-8-13-15(27(11-3-4-11)19(29)25-18(13)28)9(2)16(14(8)21)26-6-10-5-20(22,23)17(24)12(10)7-26/h10-12,17H,3-7,24H2,1-2H3,(H,25,28,29). The zero-order chi connectivity index (χ0) is 20.8. The summed E-state index contributed by atoms with van der Waals surface area (Å²) in [6.07, 6.45) is 1.35. The summed E-state index contributed by atoms with van der Waals surface area (Å²) in [4.78, 5) is 29.0. The lowest BCUT2D eigenvalue weighted by molar-refractivity contribution is -0.0146. The minimum absolute atomic E-state index is 0.0108. The minimum atomic E-state index is -2.89. The molecule has 1 aliphatic heterocycles. The molecular weight excluding hydrogens is 385 g/mol. The van der Waals surface area contributed by atoms with Crippen molar-refractivity contribution in [3.05, 3.63) is 37.8 Å². The van der Waals surface area contributed by atoms with Gasteiger partial charge < -0.3 is 10.6 Å². The van der Waals surface area contributed by atoms with Gasteiger partial charge in [-0.25, -0.2) is 18.0 Å². The Morgan fingerprint density at radius 2 is 1.83 bits per heavy atom. The number of nitrogens with zero attached hydrogens (tertiary/aromatic N) is 2. The van der Waals surface area contributed by atoms with Crippen molar-refractivity contribution in [1.82, 2.24) is 9.55 Å². The number of alkyl halides is 2. The van der Waals surface area contributed by atoms with Gasteiger partial charge >= 0.3 is 5.69 Å². The van der Waals surface area contributed by atoms with Crippen molar-refractivity contribution in [1.29, 1.82) is 0 Å². The lowest BCUT2D eigenvalue weighted by atomic mass is 9.98. The van der Waals surface area contributed by atoms with E-state index >= 15 is 4.39 Å². The number of nitrogens with two attached hydrogens (primary N) is 1. The molecule has 1 saturated heterocycles. The van der Waals surface area contributed by atoms with Crippen LogP contribution in [0.1, 0.15) is 36.4 Å². The normalized spacial score (nSPS) is 28.3. The summed E-state index contributed by atoms with van der Waals surface area (Å²) in [5.41, 5.74) is 6.09. The highest BCUT2D eigenvalue weighted by Gasteiger charge is 2.56. The Hall–Kier alpha value is -2.29. The first-order valence-electron chi connectivity index (χ1n) is 9.97. The van der Waals surface area contributed by atoms with Gasteiger partial charge in [0.15, 0.2) is 5.82 Å². The molecule has 156 valence electrons. The number of fused-ring (bicyclic) bond motifs is 2. The van der Waals surface area contributed by atoms with E-state index in [1.165, 1.54) is 6.92 Å². The quantitative estimate of drug-likeness (QED) is 0.798. The third kappa shape index (κ3) is 2.52. The Morgan fingerprint density at radius 1 is 1.14 bits per heavy atom. The molecule has 3 fully saturated rings. The zero-order valence-electron chi connectivity index (χ0n) is 16.3. The second-order valence-electron chi connectivity index (χ2n) is 8.82. The average Bonchev–Trinajstić information content (AvgIpc) is 3.35. The molecule has 0 spiro atoms. The molecule has 2 aliphatic carbocycles. The van der Waals surface area contributed by atoms with Gasteiger partial charge in [-0.05, 0) is 32.6 Å². The molecular formula is C20H23F3N4O2. The predicted molar refractivity (Wildman–Crippen MR) is 103 cm³/mol. The van der Waals surface area contributed by atoms with Crippen LogP contribution >= 0.6 is 0 Å². The van der Waals surface area contributed by atoms with Gasteiger partial charge in [0.2, 0.25) is 0 Å². The number of aryl methyl sites for hydroxylation is 2. The van der Waals surface area contributed by atoms with Crippen molar-refractivity contribution in [3.8, 4) is 0 Å². The first kappa shape index (κ1) is 18.7. The molecule has 1 aromatic heterocycles. The van der Waals surface area contributed by atoms with Crippen molar-refractivity contribution in [2.24, 2.45) is 17.6 Å². The summed E-state index contributed by atoms with van der Waals surface area (Å²) in [5.74, 6) is -4.15. The van der Waals surface area contributed by atoms with E-state index in [2.05, 4.69) is 4.98 Å². The summed E-state index contributed by atoms with van der Waals surface area (Å²) >= 11 is 0. The van der Waals surface area contributed by atoms with Gasteiger partial charge in [-0.2, -0.15) is 0 Å². The molecule has 6 nitrogen and oxygen atoms in total. The highest BCUT2D eigenvalue weighted by molar-refractivity contribution is 5.90. The van der Waals surface area contributed by atoms with Crippen LogP contribution in [-0.4, -0.2) is 34.6 Å². The smallest absolute Gasteiger partial charge is 0.329 e. The maximum Gasteiger partial charge on any atom is 0.329 e. The second-order valence-corrected chi connectivity index (χ2v) is 8.82. The summed E-state index contributed by atoms with van der Waals surface area (Å²) in [7, 11) is 0. The van der Waals surface area contributed by atoms with E-state index < -0.39 is 34.9 Å². The molecule has 9 heteroatoms. The number of hydrogen-bond donors (Lipinski definition) is 2. The van der Waals surface area contributed by atoms with Gasteiger partial charge in [-0.15, -0.1) is 0 Å². The number of aromatic nitrogens is 2. The minimum Gasteiger partial charge on any atom is -0.368 e. The summed E-state index contributed by atoms with van der Waals surface area (Å²) in [5, 5.41) is 0.179. The molecule has 3 atom stereocenters. The highest BCUT2D eigenvalue weighted by atomic mass is 19.3. The van der Waals surface area contributed by atoms with Crippen molar-refractivity contribution < 1.29 is 13.2 Å². The molecule has 0 radical (unpaired) electrons. The van der Waals surface area contributed by atoms with Gasteiger partial charge in [0.25, 0.3) is 11.5 Å². The van der Waals surface area contributed by atoms with Crippen LogP contribution < -0.4 is 21.9 Å². The van der Waals surface area contributed by atoms with Crippen molar-refractivity contribution in [2.75, 3.05) is 18.0 Å². The topological polar surface area (TPSA) is 84.1 Å². The van der Waals surface area contributed by atoms with Crippen molar-refractivity contribution in [3.63, 3.8) is 0 Å². The fraction of sp³-hybridized carbons (Fsp3) is 0.600. The van der Waals surface area contributed by atoms with E-state index in [0.29, 0.717) is 16.8 Å². The van der Waals surface area contributed by atoms with E-state index in [4.69, 9.17) is 5.73 Å². The number of rotatable bonds is 2. The van der Waals surface area contributed by atoms with Crippen LogP contribution in [0.3, 0.4) is 0 Å². The Kier molecular flexibility index (Phi) is 3.79. The van der Waals surface area contributed by atoms with Gasteiger partial charge in [0.1, 0.15) is 0 Å². The van der Waals surface area contributed by atoms with E-state index in [9.17, 15) is 18.4 Å². The van der Waals surface area contributed by atoms with Gasteiger partial charge in [-0.3, -0.25) is 14.3 Å². The second kappa shape index (κ2) is 5.87. The summed E-state index contributed by atoms with van der Waals surface area (Å²) in [6, 6.07) is -1.25. The molecule has 0 amide bonds. The average molecular weight is 408 g/mol. The molecule has 3 unspecified atom stereocenters. The summed E-state index contributed by atoms with van der Waals surface area (Å²) in [6.45, 7) is 3.74. The third-order valence-electron chi connectivity index (χ3n) is 6.97. The Bertz CT molecular complexity index is 1150. The molecule has 2 heterocycles. The number of H-pyrrole nitrogens is 1. The maximum absolute atomic E-state index is 15.4.